The van der Waals surface area contributed by atoms with Crippen molar-refractivity contribution in [1.29, 1.82) is 0 Å². The van der Waals surface area contributed by atoms with Gasteiger partial charge in [0.1, 0.15) is 11.8 Å². The molecular formula is C12H16ClNO3. The number of ether oxygens (including phenoxy) is 1. The standard InChI is InChI=1S/C12H16ClNO3/c1-7(2)11(12(15)16)14-8-4-5-10(17-3)9(13)6-8/h4-7,11,14H,1-3H3,(H,15,16). The molecule has 0 heterocycles. The van der Waals surface area contributed by atoms with E-state index in [1.807, 2.05) is 13.8 Å². The van der Waals surface area contributed by atoms with Gasteiger partial charge in [0.15, 0.2) is 0 Å². The third-order valence-corrected chi connectivity index (χ3v) is 2.70. The van der Waals surface area contributed by atoms with Crippen LogP contribution in [0.25, 0.3) is 0 Å². The number of methoxy groups -OCH3 is 1. The Balaban J connectivity index is 2.87. The largest absolute Gasteiger partial charge is 0.495 e. The summed E-state index contributed by atoms with van der Waals surface area (Å²) < 4.78 is 5.02. The van der Waals surface area contributed by atoms with Gasteiger partial charge in [-0.25, -0.2) is 4.79 Å². The Kier molecular flexibility index (Phi) is 4.63. The normalized spacial score (nSPS) is 12.3. The minimum Gasteiger partial charge on any atom is -0.495 e. The number of carboxylic acid groups (broad SMARTS) is 1. The first-order chi connectivity index (χ1) is 7.95. The maximum absolute atomic E-state index is 11.0. The quantitative estimate of drug-likeness (QED) is 0.852. The van der Waals surface area contributed by atoms with Crippen LogP contribution in [0.15, 0.2) is 18.2 Å². The summed E-state index contributed by atoms with van der Waals surface area (Å²) in [5.74, 6) is -0.339. The van der Waals surface area contributed by atoms with E-state index in [2.05, 4.69) is 5.32 Å². The molecule has 1 aromatic rings. The Labute approximate surface area is 106 Å². The van der Waals surface area contributed by atoms with E-state index in [4.69, 9.17) is 21.4 Å². The van der Waals surface area contributed by atoms with Crippen molar-refractivity contribution < 1.29 is 14.6 Å². The van der Waals surface area contributed by atoms with Gasteiger partial charge in [-0.3, -0.25) is 0 Å². The molecule has 1 atom stereocenters. The van der Waals surface area contributed by atoms with Crippen LogP contribution in [0.1, 0.15) is 13.8 Å². The average Bonchev–Trinajstić information content (AvgIpc) is 2.25. The summed E-state index contributed by atoms with van der Waals surface area (Å²) >= 11 is 5.96. The second-order valence-corrected chi connectivity index (χ2v) is 4.46. The van der Waals surface area contributed by atoms with Gasteiger partial charge in [0.05, 0.1) is 12.1 Å². The molecule has 0 bridgehead atoms. The fraction of sp³-hybridized carbons (Fsp3) is 0.417. The Morgan fingerprint density at radius 2 is 2.12 bits per heavy atom. The van der Waals surface area contributed by atoms with E-state index in [9.17, 15) is 4.79 Å². The Bertz CT molecular complexity index is 407. The summed E-state index contributed by atoms with van der Waals surface area (Å²) in [6.45, 7) is 3.69. The summed E-state index contributed by atoms with van der Waals surface area (Å²) in [7, 11) is 1.53. The molecule has 0 aliphatic heterocycles. The lowest BCUT2D eigenvalue weighted by Crippen LogP contribution is -2.34. The molecule has 1 rings (SSSR count). The van der Waals surface area contributed by atoms with E-state index in [0.29, 0.717) is 16.5 Å². The van der Waals surface area contributed by atoms with Crippen LogP contribution in [0.3, 0.4) is 0 Å². The highest BCUT2D eigenvalue weighted by atomic mass is 35.5. The third-order valence-electron chi connectivity index (χ3n) is 2.41. The van der Waals surface area contributed by atoms with Crippen molar-refractivity contribution >= 4 is 23.3 Å². The van der Waals surface area contributed by atoms with Gasteiger partial charge >= 0.3 is 5.97 Å². The number of carboxylic acids is 1. The minimum atomic E-state index is -0.882. The van der Waals surface area contributed by atoms with Crippen LogP contribution >= 0.6 is 11.6 Å². The molecule has 0 aliphatic carbocycles. The van der Waals surface area contributed by atoms with Gasteiger partial charge in [0, 0.05) is 5.69 Å². The van der Waals surface area contributed by atoms with Gasteiger partial charge in [0.2, 0.25) is 0 Å². The van der Waals surface area contributed by atoms with E-state index >= 15 is 0 Å². The number of rotatable bonds is 5. The van der Waals surface area contributed by atoms with Gasteiger partial charge in [-0.15, -0.1) is 0 Å². The molecule has 0 radical (unpaired) electrons. The average molecular weight is 258 g/mol. The second-order valence-electron chi connectivity index (χ2n) is 4.05. The van der Waals surface area contributed by atoms with Crippen LogP contribution in [0.5, 0.6) is 5.75 Å². The predicted octanol–water partition coefficient (Wildman–Crippen LogP) is 2.87. The molecule has 4 nitrogen and oxygen atoms in total. The molecule has 0 aromatic heterocycles. The first kappa shape index (κ1) is 13.6. The van der Waals surface area contributed by atoms with E-state index in [0.717, 1.165) is 0 Å². The maximum atomic E-state index is 11.0. The van der Waals surface area contributed by atoms with Crippen LogP contribution in [0.2, 0.25) is 5.02 Å². The number of nitrogens with one attached hydrogen (secondary N) is 1. The number of aliphatic carboxylic acids is 1. The topological polar surface area (TPSA) is 58.6 Å². The predicted molar refractivity (Wildman–Crippen MR) is 67.9 cm³/mol. The highest BCUT2D eigenvalue weighted by molar-refractivity contribution is 6.32. The molecule has 0 spiro atoms. The summed E-state index contributed by atoms with van der Waals surface area (Å²) in [6, 6.07) is 4.45. The fourth-order valence-corrected chi connectivity index (χ4v) is 1.71. The second kappa shape index (κ2) is 5.77. The molecule has 94 valence electrons. The highest BCUT2D eigenvalue weighted by Crippen LogP contribution is 2.27. The molecule has 5 heteroatoms. The molecule has 17 heavy (non-hydrogen) atoms. The van der Waals surface area contributed by atoms with Crippen molar-refractivity contribution in [2.45, 2.75) is 19.9 Å². The van der Waals surface area contributed by atoms with Crippen LogP contribution in [-0.2, 0) is 4.79 Å². The molecule has 0 saturated carbocycles. The highest BCUT2D eigenvalue weighted by Gasteiger charge is 2.21. The number of carbonyl (C=O) groups is 1. The van der Waals surface area contributed by atoms with Gasteiger partial charge in [-0.1, -0.05) is 25.4 Å². The molecule has 1 aromatic carbocycles. The van der Waals surface area contributed by atoms with Crippen molar-refractivity contribution in [2.75, 3.05) is 12.4 Å². The molecule has 0 amide bonds. The first-order valence-corrected chi connectivity index (χ1v) is 5.66. The van der Waals surface area contributed by atoms with Gasteiger partial charge in [0.25, 0.3) is 0 Å². The summed E-state index contributed by atoms with van der Waals surface area (Å²) in [6.07, 6.45) is 0. The zero-order chi connectivity index (χ0) is 13.0. The van der Waals surface area contributed by atoms with Crippen LogP contribution in [0, 0.1) is 5.92 Å². The van der Waals surface area contributed by atoms with Crippen LogP contribution in [0.4, 0.5) is 5.69 Å². The van der Waals surface area contributed by atoms with Crippen molar-refractivity contribution in [3.63, 3.8) is 0 Å². The maximum Gasteiger partial charge on any atom is 0.326 e. The Morgan fingerprint density at radius 3 is 2.53 bits per heavy atom. The zero-order valence-electron chi connectivity index (χ0n) is 10.0. The summed E-state index contributed by atoms with van der Waals surface area (Å²) in [5.41, 5.74) is 0.664. The smallest absolute Gasteiger partial charge is 0.326 e. The fourth-order valence-electron chi connectivity index (χ4n) is 1.45. The van der Waals surface area contributed by atoms with Crippen LogP contribution < -0.4 is 10.1 Å². The minimum absolute atomic E-state index is 0.0200. The zero-order valence-corrected chi connectivity index (χ0v) is 10.8. The molecule has 0 fully saturated rings. The lowest BCUT2D eigenvalue weighted by molar-refractivity contribution is -0.138. The molecular weight excluding hydrogens is 242 g/mol. The van der Waals surface area contributed by atoms with E-state index in [-0.39, 0.29) is 5.92 Å². The third kappa shape index (κ3) is 3.53. The van der Waals surface area contributed by atoms with Crippen LogP contribution in [-0.4, -0.2) is 24.2 Å². The SMILES string of the molecule is COc1ccc(NC(C(=O)O)C(C)C)cc1Cl. The molecule has 0 saturated heterocycles. The molecule has 1 unspecified atom stereocenters. The number of anilines is 1. The van der Waals surface area contributed by atoms with Gasteiger partial charge in [-0.2, -0.15) is 0 Å². The van der Waals surface area contributed by atoms with Crippen molar-refractivity contribution in [3.05, 3.63) is 23.2 Å². The van der Waals surface area contributed by atoms with Crippen molar-refractivity contribution in [1.82, 2.24) is 0 Å². The monoisotopic (exact) mass is 257 g/mol. The van der Waals surface area contributed by atoms with Crippen molar-refractivity contribution in [3.8, 4) is 5.75 Å². The Morgan fingerprint density at radius 1 is 1.47 bits per heavy atom. The molecule has 2 N–H and O–H groups in total. The molecule has 0 aliphatic rings. The Hall–Kier alpha value is -1.42. The van der Waals surface area contributed by atoms with E-state index in [1.54, 1.807) is 18.2 Å². The van der Waals surface area contributed by atoms with Gasteiger partial charge < -0.3 is 15.2 Å². The van der Waals surface area contributed by atoms with E-state index in [1.165, 1.54) is 7.11 Å². The number of hydrogen-bond donors (Lipinski definition) is 2. The first-order valence-electron chi connectivity index (χ1n) is 5.28. The summed E-state index contributed by atoms with van der Waals surface area (Å²) in [5, 5.41) is 12.4. The lowest BCUT2D eigenvalue weighted by Gasteiger charge is -2.19. The lowest BCUT2D eigenvalue weighted by atomic mass is 10.0. The van der Waals surface area contributed by atoms with Gasteiger partial charge in [-0.05, 0) is 24.1 Å². The number of hydrogen-bond acceptors (Lipinski definition) is 3. The summed E-state index contributed by atoms with van der Waals surface area (Å²) in [4.78, 5) is 11.0. The van der Waals surface area contributed by atoms with E-state index < -0.39 is 12.0 Å². The van der Waals surface area contributed by atoms with Crippen molar-refractivity contribution in [2.24, 2.45) is 5.92 Å². The number of benzene rings is 1. The number of halogens is 1.